The number of allylic oxidation sites excluding steroid dienone is 1. The van der Waals surface area contributed by atoms with Crippen molar-refractivity contribution in [3.05, 3.63) is 12.2 Å². The third-order valence-corrected chi connectivity index (χ3v) is 1.94. The van der Waals surface area contributed by atoms with Gasteiger partial charge in [0.05, 0.1) is 12.5 Å². The van der Waals surface area contributed by atoms with Gasteiger partial charge in [-0.05, 0) is 6.42 Å². The molecule has 0 aliphatic carbocycles. The van der Waals surface area contributed by atoms with Gasteiger partial charge in [-0.1, -0.05) is 19.1 Å². The van der Waals surface area contributed by atoms with Gasteiger partial charge in [-0.25, -0.2) is 0 Å². The van der Waals surface area contributed by atoms with E-state index in [1.807, 2.05) is 13.0 Å². The third-order valence-electron chi connectivity index (χ3n) is 1.94. The third kappa shape index (κ3) is 11.2. The minimum Gasteiger partial charge on any atom is -0.481 e. The Balaban J connectivity index is 3.20. The fraction of sp³-hybridized carbons (Fsp3) is 0.727. The van der Waals surface area contributed by atoms with Crippen LogP contribution in [0.5, 0.6) is 0 Å². The van der Waals surface area contributed by atoms with Gasteiger partial charge in [-0.2, -0.15) is 0 Å². The Morgan fingerprint density at radius 2 is 2.00 bits per heavy atom. The Labute approximate surface area is 96.5 Å². The van der Waals surface area contributed by atoms with Crippen molar-refractivity contribution in [3.8, 4) is 0 Å². The first-order valence-corrected chi connectivity index (χ1v) is 5.64. The summed E-state index contributed by atoms with van der Waals surface area (Å²) in [5.41, 5.74) is 0. The van der Waals surface area contributed by atoms with Gasteiger partial charge in [-0.3, -0.25) is 4.79 Å². The summed E-state index contributed by atoms with van der Waals surface area (Å²) in [6.07, 6.45) is 4.32. The molecule has 5 nitrogen and oxygen atoms in total. The smallest absolute Gasteiger partial charge is 0.304 e. The number of carboxylic acids is 1. The molecule has 0 bridgehead atoms. The normalized spacial score (nSPS) is 13.1. The Bertz CT molecular complexity index is 207. The number of carbonyl (C=O) groups is 1. The van der Waals surface area contributed by atoms with Gasteiger partial charge in [0.15, 0.2) is 0 Å². The average Bonchev–Trinajstić information content (AvgIpc) is 2.24. The number of aliphatic hydroxyl groups is 1. The van der Waals surface area contributed by atoms with Crippen molar-refractivity contribution in [2.24, 2.45) is 0 Å². The second-order valence-corrected chi connectivity index (χ2v) is 3.50. The lowest BCUT2D eigenvalue weighted by Gasteiger charge is -2.08. The predicted octanol–water partition coefficient (Wildman–Crippen LogP) is -0.0326. The molecule has 4 N–H and O–H groups in total. The van der Waals surface area contributed by atoms with Crippen molar-refractivity contribution < 1.29 is 15.0 Å². The molecule has 0 aromatic heterocycles. The summed E-state index contributed by atoms with van der Waals surface area (Å²) >= 11 is 0. The molecule has 1 unspecified atom stereocenters. The molecule has 1 atom stereocenters. The van der Waals surface area contributed by atoms with E-state index in [4.69, 9.17) is 5.11 Å². The molecule has 0 aliphatic heterocycles. The van der Waals surface area contributed by atoms with Crippen LogP contribution in [-0.2, 0) is 4.79 Å². The number of hydrogen-bond donors (Lipinski definition) is 4. The fourth-order valence-corrected chi connectivity index (χ4v) is 1.11. The van der Waals surface area contributed by atoms with E-state index in [2.05, 4.69) is 10.6 Å². The van der Waals surface area contributed by atoms with Gasteiger partial charge in [0.1, 0.15) is 0 Å². The molecule has 0 saturated heterocycles. The van der Waals surface area contributed by atoms with Crippen LogP contribution in [0.25, 0.3) is 0 Å². The Morgan fingerprint density at radius 3 is 2.62 bits per heavy atom. The molecule has 0 aromatic rings. The second-order valence-electron chi connectivity index (χ2n) is 3.50. The van der Waals surface area contributed by atoms with E-state index in [-0.39, 0.29) is 6.42 Å². The first-order valence-electron chi connectivity index (χ1n) is 5.64. The maximum atomic E-state index is 10.2. The maximum absolute atomic E-state index is 10.2. The van der Waals surface area contributed by atoms with Gasteiger partial charge in [0.2, 0.25) is 0 Å². The summed E-state index contributed by atoms with van der Waals surface area (Å²) in [5.74, 6) is -0.791. The molecule has 0 heterocycles. The summed E-state index contributed by atoms with van der Waals surface area (Å²) in [4.78, 5) is 10.2. The Kier molecular flexibility index (Phi) is 10.00. The molecule has 0 radical (unpaired) electrons. The van der Waals surface area contributed by atoms with E-state index in [1.165, 1.54) is 0 Å². The molecular weight excluding hydrogens is 208 g/mol. The highest BCUT2D eigenvalue weighted by Gasteiger charge is 1.97. The number of rotatable bonds is 10. The van der Waals surface area contributed by atoms with Crippen LogP contribution in [0.2, 0.25) is 0 Å². The lowest BCUT2D eigenvalue weighted by atomic mass is 10.3. The molecule has 0 saturated carbocycles. The molecule has 0 rings (SSSR count). The molecule has 0 fully saturated rings. The van der Waals surface area contributed by atoms with Crippen LogP contribution in [-0.4, -0.2) is 48.5 Å². The van der Waals surface area contributed by atoms with Crippen molar-refractivity contribution in [1.82, 2.24) is 10.6 Å². The molecule has 16 heavy (non-hydrogen) atoms. The largest absolute Gasteiger partial charge is 0.481 e. The predicted molar refractivity (Wildman–Crippen MR) is 63.4 cm³/mol. The van der Waals surface area contributed by atoms with Crippen LogP contribution in [0.4, 0.5) is 0 Å². The average molecular weight is 230 g/mol. The summed E-state index contributed by atoms with van der Waals surface area (Å²) < 4.78 is 0. The van der Waals surface area contributed by atoms with Gasteiger partial charge in [0, 0.05) is 26.2 Å². The highest BCUT2D eigenvalue weighted by Crippen LogP contribution is 1.86. The van der Waals surface area contributed by atoms with E-state index >= 15 is 0 Å². The highest BCUT2D eigenvalue weighted by molar-refractivity contribution is 5.66. The molecule has 0 spiro atoms. The van der Waals surface area contributed by atoms with Crippen LogP contribution in [0, 0.1) is 0 Å². The summed E-state index contributed by atoms with van der Waals surface area (Å²) in [6.45, 7) is 4.45. The second kappa shape index (κ2) is 10.6. The summed E-state index contributed by atoms with van der Waals surface area (Å²) in [5, 5.41) is 23.8. The lowest BCUT2D eigenvalue weighted by Crippen LogP contribution is -2.32. The first kappa shape index (κ1) is 15.1. The quantitative estimate of drug-likeness (QED) is 0.313. The molecule has 94 valence electrons. The monoisotopic (exact) mass is 230 g/mol. The Hall–Kier alpha value is -0.910. The van der Waals surface area contributed by atoms with Crippen molar-refractivity contribution in [3.63, 3.8) is 0 Å². The van der Waals surface area contributed by atoms with Crippen molar-refractivity contribution in [2.45, 2.75) is 25.9 Å². The Morgan fingerprint density at radius 1 is 1.31 bits per heavy atom. The molecular formula is C11H22N2O3. The van der Waals surface area contributed by atoms with E-state index in [0.29, 0.717) is 19.6 Å². The fourth-order valence-electron chi connectivity index (χ4n) is 1.11. The number of hydrogen-bond acceptors (Lipinski definition) is 4. The summed E-state index contributed by atoms with van der Waals surface area (Å²) in [6, 6.07) is 0. The SMILES string of the molecule is CC/C=C/C(O)CNCCNCCC(=O)O. The summed E-state index contributed by atoms with van der Waals surface area (Å²) in [7, 11) is 0. The van der Waals surface area contributed by atoms with Gasteiger partial charge in [-0.15, -0.1) is 0 Å². The molecule has 5 heteroatoms. The molecule has 0 aromatic carbocycles. The lowest BCUT2D eigenvalue weighted by molar-refractivity contribution is -0.136. The zero-order valence-corrected chi connectivity index (χ0v) is 9.78. The van der Waals surface area contributed by atoms with Gasteiger partial charge >= 0.3 is 5.97 Å². The molecule has 0 amide bonds. The van der Waals surface area contributed by atoms with E-state index in [1.54, 1.807) is 6.08 Å². The number of nitrogens with one attached hydrogen (secondary N) is 2. The minimum absolute atomic E-state index is 0.141. The number of carboxylic acid groups (broad SMARTS) is 1. The molecule has 0 aliphatic rings. The zero-order chi connectivity index (χ0) is 12.2. The van der Waals surface area contributed by atoms with Crippen LogP contribution >= 0.6 is 0 Å². The number of aliphatic hydroxyl groups excluding tert-OH is 1. The van der Waals surface area contributed by atoms with Crippen LogP contribution in [0.3, 0.4) is 0 Å². The van der Waals surface area contributed by atoms with E-state index in [9.17, 15) is 9.90 Å². The van der Waals surface area contributed by atoms with Gasteiger partial charge < -0.3 is 20.8 Å². The van der Waals surface area contributed by atoms with Crippen molar-refractivity contribution in [1.29, 1.82) is 0 Å². The van der Waals surface area contributed by atoms with Gasteiger partial charge in [0.25, 0.3) is 0 Å². The van der Waals surface area contributed by atoms with Crippen LogP contribution in [0.15, 0.2) is 12.2 Å². The highest BCUT2D eigenvalue weighted by atomic mass is 16.4. The van der Waals surface area contributed by atoms with Crippen molar-refractivity contribution in [2.75, 3.05) is 26.2 Å². The van der Waals surface area contributed by atoms with E-state index in [0.717, 1.165) is 13.0 Å². The number of aliphatic carboxylic acids is 1. The van der Waals surface area contributed by atoms with Crippen LogP contribution < -0.4 is 10.6 Å². The zero-order valence-electron chi connectivity index (χ0n) is 9.78. The van der Waals surface area contributed by atoms with E-state index < -0.39 is 12.1 Å². The topological polar surface area (TPSA) is 81.6 Å². The maximum Gasteiger partial charge on any atom is 0.304 e. The van der Waals surface area contributed by atoms with Crippen molar-refractivity contribution >= 4 is 5.97 Å². The standard InChI is InChI=1S/C11H22N2O3/c1-2-3-4-10(14)9-13-8-7-12-6-5-11(15)16/h3-4,10,12-14H,2,5-9H2,1H3,(H,15,16)/b4-3+. The minimum atomic E-state index is -0.791. The van der Waals surface area contributed by atoms with Crippen LogP contribution in [0.1, 0.15) is 19.8 Å². The first-order chi connectivity index (χ1) is 7.66.